The predicted molar refractivity (Wildman–Crippen MR) is 70.1 cm³/mol. The van der Waals surface area contributed by atoms with E-state index in [1.54, 1.807) is 6.92 Å². The number of nitrogens with zero attached hydrogens (tertiary/aromatic N) is 3. The number of piperidine rings is 1. The molecule has 0 aromatic carbocycles. The maximum atomic E-state index is 11.9. The predicted octanol–water partition coefficient (Wildman–Crippen LogP) is 0.858. The van der Waals surface area contributed by atoms with Crippen LogP contribution in [0.15, 0.2) is 12.3 Å². The summed E-state index contributed by atoms with van der Waals surface area (Å²) in [6.07, 6.45) is 1.99. The lowest BCUT2D eigenvalue weighted by Crippen LogP contribution is -2.48. The number of aromatic nitrogens is 1. The summed E-state index contributed by atoms with van der Waals surface area (Å²) in [4.78, 5) is 38.7. The number of amides is 2. The minimum atomic E-state index is -0.590. The van der Waals surface area contributed by atoms with E-state index >= 15 is 0 Å². The molecule has 1 saturated heterocycles. The number of likely N-dealkylation sites (tertiary alicyclic amines) is 1. The number of hydrogen-bond acceptors (Lipinski definition) is 6. The highest BCUT2D eigenvalue weighted by Crippen LogP contribution is 2.22. The fourth-order valence-electron chi connectivity index (χ4n) is 2.02. The first kappa shape index (κ1) is 13.9. The maximum Gasteiger partial charge on any atom is 0.277 e. The molecule has 1 N–H and O–H groups in total. The van der Waals surface area contributed by atoms with Gasteiger partial charge < -0.3 is 5.32 Å². The van der Waals surface area contributed by atoms with Crippen LogP contribution in [-0.2, 0) is 9.59 Å². The van der Waals surface area contributed by atoms with Gasteiger partial charge in [-0.1, -0.05) is 0 Å². The molecule has 8 heteroatoms. The third kappa shape index (κ3) is 2.58. The Morgan fingerprint density at radius 3 is 2.85 bits per heavy atom. The van der Waals surface area contributed by atoms with E-state index in [9.17, 15) is 19.7 Å². The topological polar surface area (TPSA) is 105 Å². The van der Waals surface area contributed by atoms with Crippen LogP contribution >= 0.6 is 0 Å². The monoisotopic (exact) mass is 278 g/mol. The lowest BCUT2D eigenvalue weighted by molar-refractivity contribution is -0.385. The average Bonchev–Trinajstić information content (AvgIpc) is 2.41. The zero-order valence-corrected chi connectivity index (χ0v) is 11.1. The summed E-state index contributed by atoms with van der Waals surface area (Å²) in [7, 11) is 1.42. The van der Waals surface area contributed by atoms with E-state index < -0.39 is 11.0 Å². The first-order chi connectivity index (χ1) is 9.40. The van der Waals surface area contributed by atoms with E-state index in [-0.39, 0.29) is 29.7 Å². The van der Waals surface area contributed by atoms with Gasteiger partial charge in [-0.2, -0.15) is 0 Å². The Balaban J connectivity index is 2.18. The number of pyridine rings is 1. The van der Waals surface area contributed by atoms with E-state index in [0.717, 1.165) is 4.90 Å². The number of anilines is 1. The molecule has 1 unspecified atom stereocenters. The summed E-state index contributed by atoms with van der Waals surface area (Å²) in [5.41, 5.74) is 0.387. The van der Waals surface area contributed by atoms with Crippen LogP contribution in [0.25, 0.3) is 0 Å². The first-order valence-electron chi connectivity index (χ1n) is 6.08. The van der Waals surface area contributed by atoms with Gasteiger partial charge in [0.2, 0.25) is 5.91 Å². The summed E-state index contributed by atoms with van der Waals surface area (Å²) in [6, 6.07) is 0.700. The number of aryl methyl sites for hydroxylation is 1. The molecule has 1 aromatic heterocycles. The number of carbonyl (C=O) groups is 2. The Kier molecular flexibility index (Phi) is 3.64. The number of likely N-dealkylation sites (N-methyl/N-ethyl adjacent to an activating group) is 1. The SMILES string of the molecule is Cc1cnc(NC2CCC(=O)N(C)C2=O)cc1[N+](=O)[O-]. The third-order valence-electron chi connectivity index (χ3n) is 3.24. The van der Waals surface area contributed by atoms with Crippen molar-refractivity contribution in [3.8, 4) is 0 Å². The van der Waals surface area contributed by atoms with Crippen molar-refractivity contribution in [1.82, 2.24) is 9.88 Å². The zero-order valence-electron chi connectivity index (χ0n) is 11.1. The van der Waals surface area contributed by atoms with Crippen LogP contribution in [0.4, 0.5) is 11.5 Å². The lowest BCUT2D eigenvalue weighted by atomic mass is 10.0. The smallest absolute Gasteiger partial charge is 0.277 e. The van der Waals surface area contributed by atoms with Gasteiger partial charge in [0.25, 0.3) is 11.6 Å². The second-order valence-electron chi connectivity index (χ2n) is 4.64. The van der Waals surface area contributed by atoms with Crippen molar-refractivity contribution < 1.29 is 14.5 Å². The van der Waals surface area contributed by atoms with Crippen molar-refractivity contribution >= 4 is 23.3 Å². The molecule has 2 amide bonds. The Morgan fingerprint density at radius 2 is 2.20 bits per heavy atom. The number of carbonyl (C=O) groups excluding carboxylic acids is 2. The van der Waals surface area contributed by atoms with Crippen molar-refractivity contribution in [3.05, 3.63) is 27.9 Å². The van der Waals surface area contributed by atoms with Crippen LogP contribution in [0.5, 0.6) is 0 Å². The zero-order chi connectivity index (χ0) is 14.9. The number of imide groups is 1. The maximum absolute atomic E-state index is 11.9. The largest absolute Gasteiger partial charge is 0.358 e. The van der Waals surface area contributed by atoms with Gasteiger partial charge in [0, 0.05) is 25.2 Å². The Labute approximate surface area is 114 Å². The molecule has 2 rings (SSSR count). The molecular formula is C12H14N4O4. The van der Waals surface area contributed by atoms with Gasteiger partial charge in [0.05, 0.1) is 11.0 Å². The van der Waals surface area contributed by atoms with Crippen molar-refractivity contribution in [3.63, 3.8) is 0 Å². The van der Waals surface area contributed by atoms with Gasteiger partial charge in [-0.05, 0) is 13.3 Å². The molecular weight excluding hydrogens is 264 g/mol. The molecule has 1 aromatic rings. The minimum Gasteiger partial charge on any atom is -0.358 e. The second kappa shape index (κ2) is 5.24. The minimum absolute atomic E-state index is 0.0600. The first-order valence-corrected chi connectivity index (χ1v) is 6.08. The standard InChI is InChI=1S/C12H14N4O4/c1-7-6-13-10(5-9(7)16(19)20)14-8-3-4-11(17)15(2)12(8)18/h5-6,8H,3-4H2,1-2H3,(H,13,14). The number of rotatable bonds is 3. The third-order valence-corrected chi connectivity index (χ3v) is 3.24. The summed E-state index contributed by atoms with van der Waals surface area (Å²) < 4.78 is 0. The van der Waals surface area contributed by atoms with E-state index in [1.165, 1.54) is 19.3 Å². The van der Waals surface area contributed by atoms with Crippen molar-refractivity contribution in [2.75, 3.05) is 12.4 Å². The molecule has 20 heavy (non-hydrogen) atoms. The fraction of sp³-hybridized carbons (Fsp3) is 0.417. The molecule has 2 heterocycles. The highest BCUT2D eigenvalue weighted by Gasteiger charge is 2.32. The fourth-order valence-corrected chi connectivity index (χ4v) is 2.02. The van der Waals surface area contributed by atoms with Crippen LogP contribution in [0.1, 0.15) is 18.4 Å². The van der Waals surface area contributed by atoms with Gasteiger partial charge in [-0.15, -0.1) is 0 Å². The molecule has 1 aliphatic rings. The summed E-state index contributed by atoms with van der Waals surface area (Å²) in [5.74, 6) is -0.328. The number of hydrogen-bond donors (Lipinski definition) is 1. The molecule has 8 nitrogen and oxygen atoms in total. The molecule has 1 atom stereocenters. The molecule has 1 fully saturated rings. The van der Waals surface area contributed by atoms with Gasteiger partial charge >= 0.3 is 0 Å². The van der Waals surface area contributed by atoms with E-state index in [1.807, 2.05) is 0 Å². The van der Waals surface area contributed by atoms with E-state index in [4.69, 9.17) is 0 Å². The highest BCUT2D eigenvalue weighted by molar-refractivity contribution is 6.01. The second-order valence-corrected chi connectivity index (χ2v) is 4.64. The van der Waals surface area contributed by atoms with Gasteiger partial charge in [0.1, 0.15) is 11.9 Å². The van der Waals surface area contributed by atoms with Gasteiger partial charge in [-0.25, -0.2) is 4.98 Å². The molecule has 0 bridgehead atoms. The lowest BCUT2D eigenvalue weighted by Gasteiger charge is -2.28. The summed E-state index contributed by atoms with van der Waals surface area (Å²) in [6.45, 7) is 1.59. The Bertz CT molecular complexity index is 587. The van der Waals surface area contributed by atoms with Crippen LogP contribution < -0.4 is 5.32 Å². The van der Waals surface area contributed by atoms with Gasteiger partial charge in [-0.3, -0.25) is 24.6 Å². The van der Waals surface area contributed by atoms with Crippen LogP contribution in [0, 0.1) is 17.0 Å². The number of nitro groups is 1. The quantitative estimate of drug-likeness (QED) is 0.499. The summed E-state index contributed by atoms with van der Waals surface area (Å²) >= 11 is 0. The molecule has 0 aliphatic carbocycles. The summed E-state index contributed by atoms with van der Waals surface area (Å²) in [5, 5.41) is 13.7. The molecule has 0 spiro atoms. The normalized spacial score (nSPS) is 19.1. The van der Waals surface area contributed by atoms with Crippen molar-refractivity contribution in [2.45, 2.75) is 25.8 Å². The highest BCUT2D eigenvalue weighted by atomic mass is 16.6. The molecule has 1 aliphatic heterocycles. The van der Waals surface area contributed by atoms with Gasteiger partial charge in [0.15, 0.2) is 0 Å². The van der Waals surface area contributed by atoms with E-state index in [2.05, 4.69) is 10.3 Å². The number of nitrogens with one attached hydrogen (secondary N) is 1. The van der Waals surface area contributed by atoms with Crippen molar-refractivity contribution in [1.29, 1.82) is 0 Å². The molecule has 0 saturated carbocycles. The Morgan fingerprint density at radius 1 is 1.50 bits per heavy atom. The molecule has 106 valence electrons. The van der Waals surface area contributed by atoms with Crippen LogP contribution in [-0.4, -0.2) is 39.7 Å². The van der Waals surface area contributed by atoms with Crippen molar-refractivity contribution in [2.24, 2.45) is 0 Å². The average molecular weight is 278 g/mol. The Hall–Kier alpha value is -2.51. The molecule has 0 radical (unpaired) electrons. The van der Waals surface area contributed by atoms with Crippen LogP contribution in [0.3, 0.4) is 0 Å². The van der Waals surface area contributed by atoms with Crippen LogP contribution in [0.2, 0.25) is 0 Å². The van der Waals surface area contributed by atoms with E-state index in [0.29, 0.717) is 12.0 Å².